The van der Waals surface area contributed by atoms with Crippen LogP contribution < -0.4 is 5.32 Å². The maximum absolute atomic E-state index is 12.1. The van der Waals surface area contributed by atoms with Crippen LogP contribution in [-0.2, 0) is 24.8 Å². The minimum Gasteiger partial charge on any atom is -0.351 e. The number of fused-ring (bicyclic) bond motifs is 3. The number of rotatable bonds is 6. The van der Waals surface area contributed by atoms with Gasteiger partial charge in [-0.1, -0.05) is 55.1 Å². The molecule has 0 saturated heterocycles. The van der Waals surface area contributed by atoms with E-state index in [-0.39, 0.29) is 11.7 Å². The lowest BCUT2D eigenvalue weighted by molar-refractivity contribution is -0.118. The molecule has 0 bridgehead atoms. The van der Waals surface area contributed by atoms with Crippen LogP contribution >= 0.6 is 11.8 Å². The second-order valence-electron chi connectivity index (χ2n) is 6.58. The number of carbonyl (C=O) groups excluding carboxylic acids is 1. The van der Waals surface area contributed by atoms with Gasteiger partial charge in [-0.15, -0.1) is 10.2 Å². The van der Waals surface area contributed by atoms with Gasteiger partial charge in [-0.2, -0.15) is 0 Å². The molecule has 0 fully saturated rings. The Balaban J connectivity index is 1.48. The Morgan fingerprint density at radius 2 is 1.93 bits per heavy atom. The molecule has 0 aliphatic carbocycles. The Morgan fingerprint density at radius 1 is 1.11 bits per heavy atom. The first kappa shape index (κ1) is 18.4. The van der Waals surface area contributed by atoms with E-state index in [0.717, 1.165) is 34.1 Å². The number of benzene rings is 2. The van der Waals surface area contributed by atoms with E-state index >= 15 is 0 Å². The summed E-state index contributed by atoms with van der Waals surface area (Å²) in [5.41, 5.74) is 4.99. The number of nitrogens with one attached hydrogen (secondary N) is 1. The lowest BCUT2D eigenvalue weighted by Gasteiger charge is -2.04. The molecule has 0 aliphatic rings. The van der Waals surface area contributed by atoms with Crippen LogP contribution in [0.5, 0.6) is 0 Å². The maximum atomic E-state index is 12.1. The fourth-order valence-electron chi connectivity index (χ4n) is 3.15. The zero-order valence-electron chi connectivity index (χ0n) is 15.8. The van der Waals surface area contributed by atoms with E-state index in [0.29, 0.717) is 11.7 Å². The van der Waals surface area contributed by atoms with Crippen LogP contribution in [0.2, 0.25) is 0 Å². The summed E-state index contributed by atoms with van der Waals surface area (Å²) in [4.78, 5) is 16.7. The molecule has 28 heavy (non-hydrogen) atoms. The van der Waals surface area contributed by atoms with Crippen LogP contribution in [0.25, 0.3) is 22.1 Å². The molecule has 0 saturated carbocycles. The van der Waals surface area contributed by atoms with Crippen LogP contribution in [0.3, 0.4) is 0 Å². The third kappa shape index (κ3) is 3.71. The van der Waals surface area contributed by atoms with Gasteiger partial charge < -0.3 is 9.88 Å². The minimum absolute atomic E-state index is 0.0535. The topological polar surface area (TPSA) is 72.7 Å². The van der Waals surface area contributed by atoms with Crippen LogP contribution in [-0.4, -0.2) is 31.4 Å². The molecular formula is C21H21N5OS. The highest BCUT2D eigenvalue weighted by Crippen LogP contribution is 2.27. The summed E-state index contributed by atoms with van der Waals surface area (Å²) in [6, 6.07) is 16.2. The Bertz CT molecular complexity index is 1140. The molecule has 2 aromatic carbocycles. The average Bonchev–Trinajstić information content (AvgIpc) is 3.02. The molecule has 0 radical (unpaired) electrons. The van der Waals surface area contributed by atoms with Gasteiger partial charge >= 0.3 is 0 Å². The number of nitrogens with zero attached hydrogens (tertiary/aromatic N) is 4. The van der Waals surface area contributed by atoms with Gasteiger partial charge in [0, 0.05) is 19.0 Å². The van der Waals surface area contributed by atoms with Gasteiger partial charge in [-0.05, 0) is 29.7 Å². The third-order valence-corrected chi connectivity index (χ3v) is 5.55. The van der Waals surface area contributed by atoms with Gasteiger partial charge in [0.15, 0.2) is 5.65 Å². The SMILES string of the molecule is CCc1ccc2c(c1)c1nnc(SCC(=O)NCc3ccccc3)nc1n2C. The Hall–Kier alpha value is -2.93. The highest BCUT2D eigenvalue weighted by molar-refractivity contribution is 7.99. The zero-order chi connectivity index (χ0) is 19.5. The predicted octanol–water partition coefficient (Wildman–Crippen LogP) is 3.49. The van der Waals surface area contributed by atoms with E-state index in [4.69, 9.17) is 0 Å². The van der Waals surface area contributed by atoms with Gasteiger partial charge in [-0.25, -0.2) is 4.98 Å². The predicted molar refractivity (Wildman–Crippen MR) is 112 cm³/mol. The van der Waals surface area contributed by atoms with Crippen LogP contribution in [0.1, 0.15) is 18.1 Å². The molecule has 0 unspecified atom stereocenters. The molecule has 0 atom stereocenters. The van der Waals surface area contributed by atoms with Crippen molar-refractivity contribution in [3.8, 4) is 0 Å². The molecule has 7 heteroatoms. The molecule has 1 N–H and O–H groups in total. The van der Waals surface area contributed by atoms with Crippen molar-refractivity contribution < 1.29 is 4.79 Å². The van der Waals surface area contributed by atoms with Crippen molar-refractivity contribution in [2.24, 2.45) is 7.05 Å². The number of hydrogen-bond acceptors (Lipinski definition) is 5. The van der Waals surface area contributed by atoms with Crippen LogP contribution in [0, 0.1) is 0 Å². The smallest absolute Gasteiger partial charge is 0.230 e. The summed E-state index contributed by atoms with van der Waals surface area (Å²) < 4.78 is 2.03. The summed E-state index contributed by atoms with van der Waals surface area (Å²) in [5, 5.41) is 13.1. The first-order valence-electron chi connectivity index (χ1n) is 9.21. The summed E-state index contributed by atoms with van der Waals surface area (Å²) in [6.45, 7) is 2.65. The number of thioether (sulfide) groups is 1. The minimum atomic E-state index is -0.0535. The van der Waals surface area contributed by atoms with Crippen LogP contribution in [0.4, 0.5) is 0 Å². The molecule has 0 aliphatic heterocycles. The second-order valence-corrected chi connectivity index (χ2v) is 7.52. The first-order valence-corrected chi connectivity index (χ1v) is 10.2. The molecule has 1 amide bonds. The number of amides is 1. The van der Waals surface area contributed by atoms with E-state index < -0.39 is 0 Å². The number of carbonyl (C=O) groups is 1. The van der Waals surface area contributed by atoms with Gasteiger partial charge in [0.1, 0.15) is 5.52 Å². The number of aryl methyl sites for hydroxylation is 2. The Kier molecular flexibility index (Phi) is 5.25. The van der Waals surface area contributed by atoms with Gasteiger partial charge in [0.2, 0.25) is 11.1 Å². The van der Waals surface area contributed by atoms with Gasteiger partial charge in [0.05, 0.1) is 11.3 Å². The summed E-state index contributed by atoms with van der Waals surface area (Å²) in [7, 11) is 1.98. The van der Waals surface area contributed by atoms with E-state index in [1.54, 1.807) is 0 Å². The summed E-state index contributed by atoms with van der Waals surface area (Å²) in [5.74, 6) is 0.200. The highest BCUT2D eigenvalue weighted by Gasteiger charge is 2.14. The molecular weight excluding hydrogens is 370 g/mol. The lowest BCUT2D eigenvalue weighted by atomic mass is 10.1. The normalized spacial score (nSPS) is 11.2. The van der Waals surface area contributed by atoms with Crippen molar-refractivity contribution in [1.82, 2.24) is 25.1 Å². The van der Waals surface area contributed by atoms with Gasteiger partial charge in [-0.3, -0.25) is 4.79 Å². The van der Waals surface area contributed by atoms with Crippen molar-refractivity contribution in [3.05, 3.63) is 59.7 Å². The van der Waals surface area contributed by atoms with Crippen molar-refractivity contribution in [3.63, 3.8) is 0 Å². The zero-order valence-corrected chi connectivity index (χ0v) is 16.7. The number of hydrogen-bond donors (Lipinski definition) is 1. The molecule has 4 rings (SSSR count). The average molecular weight is 392 g/mol. The van der Waals surface area contributed by atoms with Crippen molar-refractivity contribution >= 4 is 39.7 Å². The largest absolute Gasteiger partial charge is 0.351 e. The quantitative estimate of drug-likeness (QED) is 0.510. The highest BCUT2D eigenvalue weighted by atomic mass is 32.2. The fraction of sp³-hybridized carbons (Fsp3) is 0.238. The standard InChI is InChI=1S/C21H21N5OS/c1-3-14-9-10-17-16(11-14)19-20(26(17)2)23-21(25-24-19)28-13-18(27)22-12-15-7-5-4-6-8-15/h4-11H,3,12-13H2,1-2H3,(H,22,27). The van der Waals surface area contributed by atoms with Gasteiger partial charge in [0.25, 0.3) is 0 Å². The molecule has 2 aromatic heterocycles. The molecule has 6 nitrogen and oxygen atoms in total. The van der Waals surface area contributed by atoms with E-state index in [1.807, 2.05) is 41.9 Å². The molecule has 4 aromatic rings. The second kappa shape index (κ2) is 7.98. The lowest BCUT2D eigenvalue weighted by Crippen LogP contribution is -2.24. The molecule has 142 valence electrons. The number of aromatic nitrogens is 4. The third-order valence-electron chi connectivity index (χ3n) is 4.72. The Labute approximate surface area is 167 Å². The maximum Gasteiger partial charge on any atom is 0.230 e. The van der Waals surface area contributed by atoms with E-state index in [1.165, 1.54) is 17.3 Å². The fourth-order valence-corrected chi connectivity index (χ4v) is 3.76. The van der Waals surface area contributed by atoms with E-state index in [9.17, 15) is 4.79 Å². The first-order chi connectivity index (χ1) is 13.7. The summed E-state index contributed by atoms with van der Waals surface area (Å²) >= 11 is 1.29. The molecule has 0 spiro atoms. The summed E-state index contributed by atoms with van der Waals surface area (Å²) in [6.07, 6.45) is 0.971. The molecule has 2 heterocycles. The van der Waals surface area contributed by atoms with Crippen molar-refractivity contribution in [2.45, 2.75) is 25.0 Å². The van der Waals surface area contributed by atoms with Crippen molar-refractivity contribution in [2.75, 3.05) is 5.75 Å². The van der Waals surface area contributed by atoms with E-state index in [2.05, 4.69) is 45.6 Å². The van der Waals surface area contributed by atoms with Crippen LogP contribution in [0.15, 0.2) is 53.7 Å². The monoisotopic (exact) mass is 391 g/mol. The van der Waals surface area contributed by atoms with Crippen molar-refractivity contribution in [1.29, 1.82) is 0 Å². The Morgan fingerprint density at radius 3 is 2.71 bits per heavy atom.